The average molecular weight is 293 g/mol. The molecular formula is C11H12O3Ru. The molecule has 0 unspecified atom stereocenters. The summed E-state index contributed by atoms with van der Waals surface area (Å²) < 4.78 is 22.5. The fourth-order valence-electron chi connectivity index (χ4n) is 0.856. The van der Waals surface area contributed by atoms with Crippen LogP contribution in [0.5, 0.6) is 0 Å². The van der Waals surface area contributed by atoms with Crippen molar-refractivity contribution in [2.24, 2.45) is 0 Å². The Morgan fingerprint density at radius 3 is 0.800 bits per heavy atom. The fraction of sp³-hybridized carbons (Fsp3) is 0.364. The van der Waals surface area contributed by atoms with Crippen molar-refractivity contribution in [1.29, 1.82) is 0 Å². The Morgan fingerprint density at radius 2 is 0.667 bits per heavy atom. The van der Waals surface area contributed by atoms with Crippen LogP contribution in [0.1, 0.15) is 25.7 Å². The SMILES string of the molecule is C1=CCCC=CCC1.[C-]#[O+].[C-]#[O+].[C-]#[O+].[Ru]. The number of hydrogen-bond acceptors (Lipinski definition) is 0. The molecule has 1 aliphatic rings. The third kappa shape index (κ3) is 31.9. The number of hydrogen-bond donors (Lipinski definition) is 0. The van der Waals surface area contributed by atoms with Crippen LogP contribution >= 0.6 is 0 Å². The second kappa shape index (κ2) is 37.7. The van der Waals surface area contributed by atoms with Gasteiger partial charge in [0.2, 0.25) is 0 Å². The van der Waals surface area contributed by atoms with Crippen molar-refractivity contribution in [3.05, 3.63) is 44.3 Å². The van der Waals surface area contributed by atoms with Crippen molar-refractivity contribution >= 4 is 0 Å². The molecule has 0 fully saturated rings. The number of allylic oxidation sites excluding steroid dienone is 4. The predicted octanol–water partition coefficient (Wildman–Crippen LogP) is 2.56. The molecular weight excluding hydrogens is 281 g/mol. The standard InChI is InChI=1S/C8H12.3CO.Ru/c1-2-4-6-8-7-5-3-1;3*1-2;/h1-2,7-8H,3-6H2;;;;. The van der Waals surface area contributed by atoms with Crippen LogP contribution in [0.3, 0.4) is 0 Å². The third-order valence-electron chi connectivity index (χ3n) is 1.33. The van der Waals surface area contributed by atoms with Crippen molar-refractivity contribution in [1.82, 2.24) is 0 Å². The molecule has 0 spiro atoms. The fourth-order valence-corrected chi connectivity index (χ4v) is 0.856. The zero-order chi connectivity index (χ0) is 11.7. The maximum absolute atomic E-state index is 7.50. The molecule has 4 heteroatoms. The minimum Gasteiger partial charge on any atom is 0 e. The van der Waals surface area contributed by atoms with E-state index >= 15 is 0 Å². The molecule has 0 aliphatic heterocycles. The van der Waals surface area contributed by atoms with Crippen molar-refractivity contribution in [2.45, 2.75) is 25.7 Å². The average Bonchev–Trinajstić information content (AvgIpc) is 2.26. The minimum absolute atomic E-state index is 0. The summed E-state index contributed by atoms with van der Waals surface area (Å²) >= 11 is 0. The Morgan fingerprint density at radius 1 is 0.533 bits per heavy atom. The van der Waals surface area contributed by atoms with E-state index in [4.69, 9.17) is 14.0 Å². The van der Waals surface area contributed by atoms with Gasteiger partial charge in [0.1, 0.15) is 0 Å². The zero-order valence-corrected chi connectivity index (χ0v) is 9.95. The topological polar surface area (TPSA) is 59.7 Å². The second-order valence-corrected chi connectivity index (χ2v) is 2.10. The summed E-state index contributed by atoms with van der Waals surface area (Å²) in [4.78, 5) is 0. The Bertz CT molecular complexity index is 161. The first-order chi connectivity index (χ1) is 7.00. The van der Waals surface area contributed by atoms with Gasteiger partial charge in [-0.05, 0) is 25.7 Å². The summed E-state index contributed by atoms with van der Waals surface area (Å²) in [6.45, 7) is 13.5. The molecule has 1 rings (SSSR count). The van der Waals surface area contributed by atoms with E-state index in [1.807, 2.05) is 0 Å². The molecule has 0 saturated heterocycles. The van der Waals surface area contributed by atoms with Gasteiger partial charge in [0.05, 0.1) is 0 Å². The maximum Gasteiger partial charge on any atom is 0 e. The summed E-state index contributed by atoms with van der Waals surface area (Å²) in [5.41, 5.74) is 0. The smallest absolute Gasteiger partial charge is 0 e. The normalized spacial score (nSPS) is 11.1. The zero-order valence-electron chi connectivity index (χ0n) is 8.22. The van der Waals surface area contributed by atoms with Crippen LogP contribution in [0.25, 0.3) is 0 Å². The first-order valence-electron chi connectivity index (χ1n) is 3.91. The molecule has 0 saturated carbocycles. The van der Waals surface area contributed by atoms with Gasteiger partial charge in [0.15, 0.2) is 0 Å². The summed E-state index contributed by atoms with van der Waals surface area (Å²) in [5.74, 6) is 0. The molecule has 0 N–H and O–H groups in total. The van der Waals surface area contributed by atoms with Gasteiger partial charge in [0.25, 0.3) is 0 Å². The third-order valence-corrected chi connectivity index (χ3v) is 1.33. The van der Waals surface area contributed by atoms with Gasteiger partial charge in [-0.2, -0.15) is 0 Å². The molecule has 0 radical (unpaired) electrons. The first-order valence-corrected chi connectivity index (χ1v) is 3.91. The van der Waals surface area contributed by atoms with E-state index in [1.54, 1.807) is 0 Å². The van der Waals surface area contributed by atoms with Gasteiger partial charge in [-0.3, -0.25) is 0 Å². The van der Waals surface area contributed by atoms with Gasteiger partial charge < -0.3 is 0 Å². The van der Waals surface area contributed by atoms with E-state index in [2.05, 4.69) is 44.3 Å². The summed E-state index contributed by atoms with van der Waals surface area (Å²) in [6.07, 6.45) is 14.0. The predicted molar refractivity (Wildman–Crippen MR) is 48.5 cm³/mol. The second-order valence-electron chi connectivity index (χ2n) is 2.10. The van der Waals surface area contributed by atoms with Crippen LogP contribution in [0, 0.1) is 20.0 Å². The van der Waals surface area contributed by atoms with Gasteiger partial charge >= 0.3 is 33.9 Å². The maximum atomic E-state index is 7.50. The Hall–Kier alpha value is -0.677. The van der Waals surface area contributed by atoms with Gasteiger partial charge in [0, 0.05) is 19.5 Å². The van der Waals surface area contributed by atoms with Crippen molar-refractivity contribution in [3.63, 3.8) is 0 Å². The first kappa shape index (κ1) is 23.9. The van der Waals surface area contributed by atoms with E-state index in [0.717, 1.165) is 0 Å². The quantitative estimate of drug-likeness (QED) is 0.285. The number of rotatable bonds is 0. The van der Waals surface area contributed by atoms with Gasteiger partial charge in [-0.1, -0.05) is 24.3 Å². The van der Waals surface area contributed by atoms with Crippen molar-refractivity contribution in [3.8, 4) is 0 Å². The molecule has 0 bridgehead atoms. The molecule has 0 atom stereocenters. The molecule has 15 heavy (non-hydrogen) atoms. The Kier molecular flexibility index (Phi) is 60.0. The summed E-state index contributed by atoms with van der Waals surface area (Å²) in [5, 5.41) is 0. The van der Waals surface area contributed by atoms with E-state index in [-0.39, 0.29) is 19.5 Å². The summed E-state index contributed by atoms with van der Waals surface area (Å²) in [6, 6.07) is 0. The van der Waals surface area contributed by atoms with Crippen LogP contribution in [-0.2, 0) is 33.4 Å². The largest absolute Gasteiger partial charge is 0 e. The van der Waals surface area contributed by atoms with Crippen molar-refractivity contribution in [2.75, 3.05) is 0 Å². The summed E-state index contributed by atoms with van der Waals surface area (Å²) in [7, 11) is 0. The molecule has 0 aromatic heterocycles. The molecule has 0 aromatic rings. The molecule has 3 nitrogen and oxygen atoms in total. The van der Waals surface area contributed by atoms with Crippen LogP contribution in [-0.4, -0.2) is 0 Å². The van der Waals surface area contributed by atoms with Crippen LogP contribution in [0.2, 0.25) is 0 Å². The molecule has 0 aromatic carbocycles. The Labute approximate surface area is 104 Å². The van der Waals surface area contributed by atoms with Crippen LogP contribution in [0.4, 0.5) is 0 Å². The molecule has 0 heterocycles. The van der Waals surface area contributed by atoms with E-state index in [9.17, 15) is 0 Å². The van der Waals surface area contributed by atoms with Crippen LogP contribution in [0.15, 0.2) is 24.3 Å². The molecule has 82 valence electrons. The van der Waals surface area contributed by atoms with E-state index in [0.29, 0.717) is 0 Å². The van der Waals surface area contributed by atoms with Gasteiger partial charge in [-0.15, -0.1) is 0 Å². The van der Waals surface area contributed by atoms with Gasteiger partial charge in [-0.25, -0.2) is 0 Å². The Balaban J connectivity index is -0.0000000755. The molecule has 0 amide bonds. The molecule has 1 aliphatic carbocycles. The monoisotopic (exact) mass is 294 g/mol. The van der Waals surface area contributed by atoms with E-state index < -0.39 is 0 Å². The van der Waals surface area contributed by atoms with Crippen molar-refractivity contribution < 1.29 is 33.4 Å². The minimum atomic E-state index is 0. The van der Waals surface area contributed by atoms with E-state index in [1.165, 1.54) is 25.7 Å². The van der Waals surface area contributed by atoms with Crippen LogP contribution < -0.4 is 0 Å².